The molecule has 0 aromatic heterocycles. The number of hydrogen-bond donors (Lipinski definition) is 1. The number of methoxy groups -OCH3 is 1. The predicted octanol–water partition coefficient (Wildman–Crippen LogP) is 6.85. The summed E-state index contributed by atoms with van der Waals surface area (Å²) < 4.78 is 24.0. The minimum absolute atomic E-state index is 0.0394. The molecule has 1 aliphatic rings. The second kappa shape index (κ2) is 11.5. The van der Waals surface area contributed by atoms with Gasteiger partial charge < -0.3 is 24.0 Å². The van der Waals surface area contributed by atoms with Crippen LogP contribution in [-0.4, -0.2) is 45.4 Å². The maximum Gasteiger partial charge on any atom is 0.408 e. The molecule has 2 unspecified atom stereocenters. The van der Waals surface area contributed by atoms with Crippen LogP contribution in [0.25, 0.3) is 0 Å². The van der Waals surface area contributed by atoms with Gasteiger partial charge in [-0.25, -0.2) is 4.79 Å². The molecule has 0 aliphatic heterocycles. The van der Waals surface area contributed by atoms with Crippen LogP contribution in [0.4, 0.5) is 4.79 Å². The predicted molar refractivity (Wildman–Crippen MR) is 144 cm³/mol. The van der Waals surface area contributed by atoms with E-state index in [1.807, 2.05) is 51.1 Å². The average molecular weight is 506 g/mol. The van der Waals surface area contributed by atoms with Crippen LogP contribution in [-0.2, 0) is 20.5 Å². The molecular formula is C28H47NO5Si. The highest BCUT2D eigenvalue weighted by molar-refractivity contribution is 6.74. The summed E-state index contributed by atoms with van der Waals surface area (Å²) in [6.07, 6.45) is 3.87. The van der Waals surface area contributed by atoms with Crippen molar-refractivity contribution in [3.05, 3.63) is 42.5 Å². The summed E-state index contributed by atoms with van der Waals surface area (Å²) in [5.74, 6) is 0.861. The molecule has 6 nitrogen and oxygen atoms in total. The van der Waals surface area contributed by atoms with Gasteiger partial charge in [-0.1, -0.05) is 39.0 Å². The third-order valence-corrected chi connectivity index (χ3v) is 11.6. The molecule has 0 saturated heterocycles. The lowest BCUT2D eigenvalue weighted by Gasteiger charge is -2.43. The van der Waals surface area contributed by atoms with Crippen LogP contribution in [0.15, 0.2) is 36.9 Å². The van der Waals surface area contributed by atoms with Crippen LogP contribution in [0, 0.1) is 5.92 Å². The fourth-order valence-electron chi connectivity index (χ4n) is 3.95. The van der Waals surface area contributed by atoms with E-state index in [2.05, 4.69) is 45.8 Å². The molecule has 2 atom stereocenters. The van der Waals surface area contributed by atoms with Gasteiger partial charge in [0.2, 0.25) is 0 Å². The molecule has 0 bridgehead atoms. The highest BCUT2D eigenvalue weighted by atomic mass is 28.4. The SMILES string of the molecule is C=CCC(C(COCc1ccc(OC)cc1)O[Si](C)(C)C(C)(C)C)C1(NC(=O)OC(C)(C)C)CC1. The van der Waals surface area contributed by atoms with Crippen molar-refractivity contribution in [1.29, 1.82) is 0 Å². The van der Waals surface area contributed by atoms with Gasteiger partial charge in [-0.05, 0) is 75.9 Å². The van der Waals surface area contributed by atoms with Crippen LogP contribution < -0.4 is 10.1 Å². The molecule has 1 amide bonds. The van der Waals surface area contributed by atoms with Crippen LogP contribution in [0.1, 0.15) is 66.4 Å². The Balaban J connectivity index is 2.23. The Kier molecular flexibility index (Phi) is 9.64. The van der Waals surface area contributed by atoms with Crippen LogP contribution in [0.5, 0.6) is 5.75 Å². The van der Waals surface area contributed by atoms with E-state index in [-0.39, 0.29) is 28.7 Å². The third-order valence-electron chi connectivity index (χ3n) is 7.08. The monoisotopic (exact) mass is 505 g/mol. The second-order valence-electron chi connectivity index (χ2n) is 12.2. The Morgan fingerprint density at radius 1 is 1.14 bits per heavy atom. The molecule has 1 aliphatic carbocycles. The van der Waals surface area contributed by atoms with Gasteiger partial charge in [0.05, 0.1) is 26.4 Å². The summed E-state index contributed by atoms with van der Waals surface area (Å²) in [6, 6.07) is 7.89. The lowest BCUT2D eigenvalue weighted by atomic mass is 9.88. The number of alkyl carbamates (subject to hydrolysis) is 1. The van der Waals surface area contributed by atoms with E-state index in [4.69, 9.17) is 18.6 Å². The normalized spacial score (nSPS) is 17.3. The molecule has 0 heterocycles. The minimum atomic E-state index is -2.11. The number of nitrogens with one attached hydrogen (secondary N) is 1. The second-order valence-corrected chi connectivity index (χ2v) is 17.0. The molecule has 1 aromatic carbocycles. The first-order valence-corrected chi connectivity index (χ1v) is 15.5. The molecule has 1 saturated carbocycles. The fraction of sp³-hybridized carbons (Fsp3) is 0.679. The Morgan fingerprint density at radius 2 is 1.74 bits per heavy atom. The lowest BCUT2D eigenvalue weighted by Crippen LogP contribution is -2.54. The first-order chi connectivity index (χ1) is 16.1. The number of carbonyl (C=O) groups is 1. The van der Waals surface area contributed by atoms with Crippen molar-refractivity contribution in [3.63, 3.8) is 0 Å². The van der Waals surface area contributed by atoms with Crippen molar-refractivity contribution >= 4 is 14.4 Å². The number of rotatable bonds is 12. The van der Waals surface area contributed by atoms with Crippen LogP contribution in [0.2, 0.25) is 18.1 Å². The summed E-state index contributed by atoms with van der Waals surface area (Å²) in [6.45, 7) is 21.8. The van der Waals surface area contributed by atoms with E-state index in [0.29, 0.717) is 13.2 Å². The molecule has 0 radical (unpaired) electrons. The fourth-order valence-corrected chi connectivity index (χ4v) is 5.29. The van der Waals surface area contributed by atoms with Gasteiger partial charge in [0, 0.05) is 11.5 Å². The van der Waals surface area contributed by atoms with Gasteiger partial charge in [0.1, 0.15) is 11.4 Å². The highest BCUT2D eigenvalue weighted by Gasteiger charge is 2.55. The van der Waals surface area contributed by atoms with E-state index in [0.717, 1.165) is 30.6 Å². The average Bonchev–Trinajstić information content (AvgIpc) is 3.49. The van der Waals surface area contributed by atoms with Crippen molar-refractivity contribution in [2.75, 3.05) is 13.7 Å². The molecule has 35 heavy (non-hydrogen) atoms. The molecule has 7 heteroatoms. The largest absolute Gasteiger partial charge is 0.497 e. The molecule has 1 N–H and O–H groups in total. The summed E-state index contributed by atoms with van der Waals surface area (Å²) in [5, 5.41) is 3.24. The standard InChI is InChI=1S/C28H47NO5Si/c1-11-12-23(28(17-18-28)29-25(30)33-26(2,3)4)24(34-35(9,10)27(5,6)7)20-32-19-21-13-15-22(31-8)16-14-21/h11,13-16,23-24H,1,12,17-20H2,2-10H3,(H,29,30). The Morgan fingerprint density at radius 3 is 2.20 bits per heavy atom. The van der Waals surface area contributed by atoms with E-state index in [9.17, 15) is 4.79 Å². The van der Waals surface area contributed by atoms with Gasteiger partial charge in [-0.3, -0.25) is 0 Å². The zero-order chi connectivity index (χ0) is 26.5. The molecular weight excluding hydrogens is 458 g/mol. The van der Waals surface area contributed by atoms with E-state index in [1.165, 1.54) is 0 Å². The van der Waals surface area contributed by atoms with Crippen molar-refractivity contribution in [2.24, 2.45) is 5.92 Å². The summed E-state index contributed by atoms with van der Waals surface area (Å²) in [7, 11) is -0.446. The number of carbonyl (C=O) groups excluding carboxylic acids is 1. The third kappa shape index (κ3) is 8.65. The quantitative estimate of drug-likeness (QED) is 0.248. The van der Waals surface area contributed by atoms with Crippen LogP contribution >= 0.6 is 0 Å². The van der Waals surface area contributed by atoms with Gasteiger partial charge in [-0.15, -0.1) is 6.58 Å². The van der Waals surface area contributed by atoms with Crippen LogP contribution in [0.3, 0.4) is 0 Å². The van der Waals surface area contributed by atoms with Gasteiger partial charge in [0.15, 0.2) is 8.32 Å². The van der Waals surface area contributed by atoms with Crippen molar-refractivity contribution in [1.82, 2.24) is 5.32 Å². The number of ether oxygens (including phenoxy) is 3. The molecule has 2 rings (SSSR count). The van der Waals surface area contributed by atoms with Gasteiger partial charge in [-0.2, -0.15) is 0 Å². The maximum absolute atomic E-state index is 12.7. The smallest absolute Gasteiger partial charge is 0.408 e. The number of benzene rings is 1. The maximum atomic E-state index is 12.7. The topological polar surface area (TPSA) is 66.0 Å². The molecule has 1 aromatic rings. The zero-order valence-electron chi connectivity index (χ0n) is 23.3. The number of allylic oxidation sites excluding steroid dienone is 1. The first-order valence-electron chi connectivity index (χ1n) is 12.6. The zero-order valence-corrected chi connectivity index (χ0v) is 24.3. The van der Waals surface area contributed by atoms with Crippen molar-refractivity contribution in [3.8, 4) is 5.75 Å². The van der Waals surface area contributed by atoms with Gasteiger partial charge in [0.25, 0.3) is 0 Å². The Bertz CT molecular complexity index is 834. The molecule has 1 fully saturated rings. The number of hydrogen-bond acceptors (Lipinski definition) is 5. The van der Waals surface area contributed by atoms with E-state index >= 15 is 0 Å². The van der Waals surface area contributed by atoms with E-state index < -0.39 is 13.9 Å². The Labute approximate surface area is 213 Å². The van der Waals surface area contributed by atoms with Crippen molar-refractivity contribution < 1.29 is 23.4 Å². The van der Waals surface area contributed by atoms with E-state index in [1.54, 1.807) is 7.11 Å². The van der Waals surface area contributed by atoms with Gasteiger partial charge >= 0.3 is 6.09 Å². The molecule has 0 spiro atoms. The minimum Gasteiger partial charge on any atom is -0.497 e. The number of amides is 1. The lowest BCUT2D eigenvalue weighted by molar-refractivity contribution is -0.00959. The highest BCUT2D eigenvalue weighted by Crippen LogP contribution is 2.48. The summed E-state index contributed by atoms with van der Waals surface area (Å²) in [4.78, 5) is 12.7. The van der Waals surface area contributed by atoms with Crippen molar-refractivity contribution in [2.45, 2.75) is 103 Å². The first kappa shape index (κ1) is 29.4. The summed E-state index contributed by atoms with van der Waals surface area (Å²) in [5.41, 5.74) is 0.157. The Hall–Kier alpha value is -1.83. The summed E-state index contributed by atoms with van der Waals surface area (Å²) >= 11 is 0. The molecule has 198 valence electrons.